The van der Waals surface area contributed by atoms with Crippen molar-refractivity contribution in [2.24, 2.45) is 0 Å². The lowest BCUT2D eigenvalue weighted by Crippen LogP contribution is -2.50. The highest BCUT2D eigenvalue weighted by atomic mass is 16.5. The lowest BCUT2D eigenvalue weighted by atomic mass is 9.89. The van der Waals surface area contributed by atoms with Gasteiger partial charge < -0.3 is 19.4 Å². The smallest absolute Gasteiger partial charge is 0.265 e. The second-order valence-corrected chi connectivity index (χ2v) is 6.39. The minimum absolute atomic E-state index is 0.0583. The van der Waals surface area contributed by atoms with Gasteiger partial charge in [0.2, 0.25) is 11.8 Å². The number of carbonyl (C=O) groups is 1. The molecule has 0 aromatic carbocycles. The van der Waals surface area contributed by atoms with Gasteiger partial charge in [-0.15, -0.1) is 0 Å². The number of carbonyl (C=O) groups excluding carboxylic acids is 1. The van der Waals surface area contributed by atoms with Crippen molar-refractivity contribution < 1.29 is 14.4 Å². The van der Waals surface area contributed by atoms with Crippen molar-refractivity contribution >= 4 is 11.9 Å². The number of anilines is 1. The zero-order chi connectivity index (χ0) is 16.3. The standard InChI is InChI=1S/C14H25N5O3/c1-17(2)12(20)8-14(21)6-5-7-19(10-14)9-11-15-13(16-22-11)18(3)4/h21H,5-10H2,1-4H3. The molecule has 22 heavy (non-hydrogen) atoms. The molecule has 2 heterocycles. The van der Waals surface area contributed by atoms with E-state index in [1.807, 2.05) is 14.1 Å². The largest absolute Gasteiger partial charge is 0.388 e. The molecule has 1 aliphatic rings. The van der Waals surface area contributed by atoms with Crippen molar-refractivity contribution in [1.29, 1.82) is 0 Å². The van der Waals surface area contributed by atoms with Crippen LogP contribution in [0.4, 0.5) is 5.95 Å². The number of aromatic nitrogens is 2. The third kappa shape index (κ3) is 4.17. The van der Waals surface area contributed by atoms with Gasteiger partial charge in [-0.25, -0.2) is 0 Å². The highest BCUT2D eigenvalue weighted by molar-refractivity contribution is 5.76. The lowest BCUT2D eigenvalue weighted by Gasteiger charge is -2.38. The van der Waals surface area contributed by atoms with E-state index in [1.165, 1.54) is 4.90 Å². The molecule has 8 nitrogen and oxygen atoms in total. The summed E-state index contributed by atoms with van der Waals surface area (Å²) >= 11 is 0. The van der Waals surface area contributed by atoms with Crippen LogP contribution in [0.5, 0.6) is 0 Å². The predicted molar refractivity (Wildman–Crippen MR) is 81.4 cm³/mol. The fourth-order valence-corrected chi connectivity index (χ4v) is 2.61. The highest BCUT2D eigenvalue weighted by Gasteiger charge is 2.36. The monoisotopic (exact) mass is 311 g/mol. The molecule has 1 saturated heterocycles. The summed E-state index contributed by atoms with van der Waals surface area (Å²) in [7, 11) is 7.10. The average Bonchev–Trinajstić information content (AvgIpc) is 2.86. The van der Waals surface area contributed by atoms with Crippen molar-refractivity contribution in [2.45, 2.75) is 31.4 Å². The number of β-amino-alcohol motifs (C(OH)–C–C–N with tert-alkyl or cyclic N) is 1. The molecule has 0 saturated carbocycles. The molecule has 0 spiro atoms. The van der Waals surface area contributed by atoms with E-state index in [4.69, 9.17) is 4.52 Å². The maximum Gasteiger partial charge on any atom is 0.265 e. The molecule has 1 atom stereocenters. The number of likely N-dealkylation sites (tertiary alicyclic amines) is 1. The van der Waals surface area contributed by atoms with Gasteiger partial charge in [-0.1, -0.05) is 0 Å². The van der Waals surface area contributed by atoms with E-state index in [0.29, 0.717) is 31.3 Å². The molecule has 1 fully saturated rings. The molecule has 1 aromatic heterocycles. The van der Waals surface area contributed by atoms with Crippen LogP contribution in [0.3, 0.4) is 0 Å². The first kappa shape index (κ1) is 16.7. The molecule has 1 unspecified atom stereocenters. The molecule has 0 aliphatic carbocycles. The molecule has 0 bridgehead atoms. The highest BCUT2D eigenvalue weighted by Crippen LogP contribution is 2.26. The summed E-state index contributed by atoms with van der Waals surface area (Å²) in [5.41, 5.74) is -0.982. The van der Waals surface area contributed by atoms with Crippen LogP contribution in [0.2, 0.25) is 0 Å². The Labute approximate surface area is 130 Å². The van der Waals surface area contributed by atoms with E-state index >= 15 is 0 Å². The first-order chi connectivity index (χ1) is 10.3. The van der Waals surface area contributed by atoms with Gasteiger partial charge in [0, 0.05) is 34.7 Å². The maximum absolute atomic E-state index is 11.9. The fourth-order valence-electron chi connectivity index (χ4n) is 2.61. The Morgan fingerprint density at radius 1 is 1.41 bits per heavy atom. The van der Waals surface area contributed by atoms with Crippen LogP contribution in [-0.4, -0.2) is 77.8 Å². The summed E-state index contributed by atoms with van der Waals surface area (Å²) < 4.78 is 5.21. The molecule has 124 valence electrons. The normalized spacial score (nSPS) is 22.6. The third-order valence-electron chi connectivity index (χ3n) is 3.83. The molecule has 2 rings (SSSR count). The number of hydrogen-bond acceptors (Lipinski definition) is 7. The van der Waals surface area contributed by atoms with Crippen LogP contribution >= 0.6 is 0 Å². The Morgan fingerprint density at radius 2 is 2.14 bits per heavy atom. The van der Waals surface area contributed by atoms with Crippen LogP contribution in [0, 0.1) is 0 Å². The zero-order valence-electron chi connectivity index (χ0n) is 13.7. The number of aliphatic hydroxyl groups is 1. The Bertz CT molecular complexity index is 516. The molecule has 1 amide bonds. The minimum Gasteiger partial charge on any atom is -0.388 e. The SMILES string of the molecule is CN(C)C(=O)CC1(O)CCCN(Cc2nc(N(C)C)no2)C1. The number of amides is 1. The summed E-state index contributed by atoms with van der Waals surface area (Å²) in [5, 5.41) is 14.5. The quantitative estimate of drug-likeness (QED) is 0.815. The van der Waals surface area contributed by atoms with Gasteiger partial charge in [-0.2, -0.15) is 4.98 Å². The summed E-state index contributed by atoms with van der Waals surface area (Å²) in [6.45, 7) is 1.77. The minimum atomic E-state index is -0.982. The van der Waals surface area contributed by atoms with Crippen LogP contribution < -0.4 is 4.90 Å². The van der Waals surface area contributed by atoms with Crippen molar-refractivity contribution in [1.82, 2.24) is 19.9 Å². The van der Waals surface area contributed by atoms with Crippen LogP contribution in [0.15, 0.2) is 4.52 Å². The number of rotatable bonds is 5. The van der Waals surface area contributed by atoms with Gasteiger partial charge in [-0.05, 0) is 24.5 Å². The Balaban J connectivity index is 1.96. The molecular formula is C14H25N5O3. The Kier molecular flexibility index (Phi) is 5.02. The van der Waals surface area contributed by atoms with E-state index < -0.39 is 5.60 Å². The molecule has 1 aliphatic heterocycles. The summed E-state index contributed by atoms with van der Waals surface area (Å²) in [6.07, 6.45) is 1.62. The second-order valence-electron chi connectivity index (χ2n) is 6.39. The van der Waals surface area contributed by atoms with Crippen LogP contribution in [0.25, 0.3) is 0 Å². The van der Waals surface area contributed by atoms with Gasteiger partial charge in [-0.3, -0.25) is 9.69 Å². The Morgan fingerprint density at radius 3 is 2.73 bits per heavy atom. The maximum atomic E-state index is 11.9. The Hall–Kier alpha value is -1.67. The van der Waals surface area contributed by atoms with Gasteiger partial charge in [0.25, 0.3) is 5.95 Å². The number of hydrogen-bond donors (Lipinski definition) is 1. The van der Waals surface area contributed by atoms with E-state index in [0.717, 1.165) is 13.0 Å². The zero-order valence-corrected chi connectivity index (χ0v) is 13.7. The first-order valence-corrected chi connectivity index (χ1v) is 7.44. The van der Waals surface area contributed by atoms with E-state index in [-0.39, 0.29) is 12.3 Å². The lowest BCUT2D eigenvalue weighted by molar-refractivity contribution is -0.136. The molecule has 0 radical (unpaired) electrons. The van der Waals surface area contributed by atoms with Gasteiger partial charge in [0.15, 0.2) is 0 Å². The summed E-state index contributed by atoms with van der Waals surface area (Å²) in [6, 6.07) is 0. The van der Waals surface area contributed by atoms with E-state index in [2.05, 4.69) is 15.0 Å². The van der Waals surface area contributed by atoms with E-state index in [9.17, 15) is 9.90 Å². The number of piperidine rings is 1. The topological polar surface area (TPSA) is 85.9 Å². The fraction of sp³-hybridized carbons (Fsp3) is 0.786. The van der Waals surface area contributed by atoms with Crippen molar-refractivity contribution in [2.75, 3.05) is 46.2 Å². The summed E-state index contributed by atoms with van der Waals surface area (Å²) in [4.78, 5) is 21.5. The molecule has 1 aromatic rings. The summed E-state index contributed by atoms with van der Waals surface area (Å²) in [5.74, 6) is 0.994. The number of nitrogens with zero attached hydrogens (tertiary/aromatic N) is 5. The van der Waals surface area contributed by atoms with Crippen LogP contribution in [0.1, 0.15) is 25.2 Å². The average molecular weight is 311 g/mol. The van der Waals surface area contributed by atoms with Gasteiger partial charge in [0.05, 0.1) is 18.6 Å². The third-order valence-corrected chi connectivity index (χ3v) is 3.83. The van der Waals surface area contributed by atoms with Gasteiger partial charge >= 0.3 is 0 Å². The first-order valence-electron chi connectivity index (χ1n) is 7.44. The molecular weight excluding hydrogens is 286 g/mol. The predicted octanol–water partition coefficient (Wildman–Crippen LogP) is -0.0592. The van der Waals surface area contributed by atoms with Gasteiger partial charge in [0.1, 0.15) is 0 Å². The van der Waals surface area contributed by atoms with Crippen molar-refractivity contribution in [3.8, 4) is 0 Å². The van der Waals surface area contributed by atoms with Crippen LogP contribution in [-0.2, 0) is 11.3 Å². The van der Waals surface area contributed by atoms with Crippen molar-refractivity contribution in [3.05, 3.63) is 5.89 Å². The molecule has 1 N–H and O–H groups in total. The van der Waals surface area contributed by atoms with Crippen molar-refractivity contribution in [3.63, 3.8) is 0 Å². The molecule has 8 heteroatoms. The second kappa shape index (κ2) is 6.62. The van der Waals surface area contributed by atoms with E-state index in [1.54, 1.807) is 19.0 Å².